The zero-order valence-corrected chi connectivity index (χ0v) is 19.6. The van der Waals surface area contributed by atoms with Crippen LogP contribution in [0.4, 0.5) is 0 Å². The molecular weight excluding hydrogens is 382 g/mol. The van der Waals surface area contributed by atoms with Crippen molar-refractivity contribution in [3.05, 3.63) is 48.2 Å². The van der Waals surface area contributed by atoms with Gasteiger partial charge < -0.3 is 9.64 Å². The summed E-state index contributed by atoms with van der Waals surface area (Å²) in [7, 11) is 0. The van der Waals surface area contributed by atoms with Crippen LogP contribution < -0.4 is 0 Å². The topological polar surface area (TPSA) is 38.3 Å². The van der Waals surface area contributed by atoms with Crippen LogP contribution in [0, 0.1) is 17.8 Å². The van der Waals surface area contributed by atoms with E-state index in [4.69, 9.17) is 4.74 Å². The second-order valence-electron chi connectivity index (χ2n) is 10.8. The number of aromatic nitrogens is 2. The van der Waals surface area contributed by atoms with Crippen molar-refractivity contribution >= 4 is 0 Å². The van der Waals surface area contributed by atoms with Gasteiger partial charge in [0.2, 0.25) is 0 Å². The van der Waals surface area contributed by atoms with E-state index in [1.54, 1.807) is 11.3 Å². The largest absolute Gasteiger partial charge is 0.376 e. The van der Waals surface area contributed by atoms with Crippen molar-refractivity contribution in [1.82, 2.24) is 14.9 Å². The molecule has 31 heavy (non-hydrogen) atoms. The maximum atomic E-state index is 6.65. The smallest absolute Gasteiger partial charge is 0.134 e. The lowest BCUT2D eigenvalue weighted by Gasteiger charge is -2.36. The molecular formula is C27H39N3O. The quantitative estimate of drug-likeness (QED) is 0.508. The zero-order chi connectivity index (χ0) is 21.6. The average molecular weight is 422 g/mol. The zero-order valence-electron chi connectivity index (χ0n) is 19.6. The summed E-state index contributed by atoms with van der Waals surface area (Å²) in [5, 5.41) is 0. The minimum atomic E-state index is 0.257. The molecule has 168 valence electrons. The van der Waals surface area contributed by atoms with Gasteiger partial charge in [-0.1, -0.05) is 25.5 Å². The lowest BCUT2D eigenvalue weighted by molar-refractivity contribution is -0.00983. The number of rotatable bonds is 8. The predicted molar refractivity (Wildman–Crippen MR) is 125 cm³/mol. The van der Waals surface area contributed by atoms with Gasteiger partial charge in [-0.05, 0) is 82.1 Å². The SMILES string of the molecule is C=CC(C)C[C@@H]1C[C@H](C)[C@H](COC2CCC3(c4ncccn4)CC3C2)N1C(C)=C1CC1. The maximum absolute atomic E-state index is 6.65. The molecule has 3 saturated carbocycles. The third kappa shape index (κ3) is 4.08. The average Bonchev–Trinajstić information content (AvgIpc) is 3.70. The van der Waals surface area contributed by atoms with Gasteiger partial charge in [0.25, 0.3) is 0 Å². The molecule has 4 nitrogen and oxygen atoms in total. The Morgan fingerprint density at radius 2 is 2.10 bits per heavy atom. The number of fused-ring (bicyclic) bond motifs is 1. The van der Waals surface area contributed by atoms with E-state index in [0.717, 1.165) is 18.9 Å². The molecule has 4 heteroatoms. The van der Waals surface area contributed by atoms with E-state index in [9.17, 15) is 0 Å². The van der Waals surface area contributed by atoms with Crippen molar-refractivity contribution in [1.29, 1.82) is 0 Å². The number of hydrogen-bond acceptors (Lipinski definition) is 4. The molecule has 0 aromatic carbocycles. The van der Waals surface area contributed by atoms with Crippen molar-refractivity contribution in [3.63, 3.8) is 0 Å². The highest BCUT2D eigenvalue weighted by molar-refractivity contribution is 5.26. The van der Waals surface area contributed by atoms with Gasteiger partial charge in [-0.3, -0.25) is 0 Å². The van der Waals surface area contributed by atoms with E-state index in [1.807, 2.05) is 18.5 Å². The van der Waals surface area contributed by atoms with Gasteiger partial charge in [-0.2, -0.15) is 0 Å². The van der Waals surface area contributed by atoms with Crippen LogP contribution in [0.2, 0.25) is 0 Å². The Labute approximate surface area is 188 Å². The molecule has 0 radical (unpaired) electrons. The van der Waals surface area contributed by atoms with Crippen LogP contribution in [-0.4, -0.2) is 39.7 Å². The molecule has 7 atom stereocenters. The first kappa shape index (κ1) is 21.2. The summed E-state index contributed by atoms with van der Waals surface area (Å²) in [6, 6.07) is 3.06. The lowest BCUT2D eigenvalue weighted by atomic mass is 9.86. The first-order valence-corrected chi connectivity index (χ1v) is 12.5. The Balaban J connectivity index is 1.22. The van der Waals surface area contributed by atoms with Crippen molar-refractivity contribution in [3.8, 4) is 0 Å². The van der Waals surface area contributed by atoms with E-state index in [1.165, 1.54) is 44.9 Å². The molecule has 2 heterocycles. The Kier molecular flexibility index (Phi) is 5.70. The molecule has 1 aromatic rings. The van der Waals surface area contributed by atoms with Gasteiger partial charge in [0.15, 0.2) is 0 Å². The van der Waals surface area contributed by atoms with Crippen LogP contribution in [0.5, 0.6) is 0 Å². The summed E-state index contributed by atoms with van der Waals surface area (Å²) in [6.07, 6.45) is 16.1. The summed E-state index contributed by atoms with van der Waals surface area (Å²) in [5.41, 5.74) is 3.47. The lowest BCUT2D eigenvalue weighted by Crippen LogP contribution is -2.41. The van der Waals surface area contributed by atoms with Crippen molar-refractivity contribution in [2.75, 3.05) is 6.61 Å². The van der Waals surface area contributed by atoms with E-state index in [2.05, 4.69) is 48.3 Å². The molecule has 0 spiro atoms. The fourth-order valence-electron chi connectivity index (χ4n) is 6.53. The molecule has 4 aliphatic rings. The minimum absolute atomic E-state index is 0.257. The Hall–Kier alpha value is -1.68. The third-order valence-electron chi connectivity index (χ3n) is 8.70. The highest BCUT2D eigenvalue weighted by atomic mass is 16.5. The van der Waals surface area contributed by atoms with Gasteiger partial charge in [0.05, 0.1) is 18.8 Å². The number of hydrogen-bond donors (Lipinski definition) is 0. The van der Waals surface area contributed by atoms with Gasteiger partial charge in [0.1, 0.15) is 5.82 Å². The van der Waals surface area contributed by atoms with Crippen LogP contribution >= 0.6 is 0 Å². The summed E-state index contributed by atoms with van der Waals surface area (Å²) in [5.74, 6) is 3.03. The van der Waals surface area contributed by atoms with E-state index >= 15 is 0 Å². The van der Waals surface area contributed by atoms with Crippen molar-refractivity contribution in [2.24, 2.45) is 17.8 Å². The Morgan fingerprint density at radius 3 is 2.77 bits per heavy atom. The van der Waals surface area contributed by atoms with E-state index < -0.39 is 0 Å². The molecule has 0 bridgehead atoms. The van der Waals surface area contributed by atoms with Crippen molar-refractivity contribution in [2.45, 2.75) is 95.7 Å². The highest BCUT2D eigenvalue weighted by Gasteiger charge is 2.60. The molecule has 1 aromatic heterocycles. The molecule has 1 aliphatic heterocycles. The summed E-state index contributed by atoms with van der Waals surface area (Å²) in [6.45, 7) is 12.0. The maximum Gasteiger partial charge on any atom is 0.134 e. The molecule has 1 saturated heterocycles. The van der Waals surface area contributed by atoms with Crippen molar-refractivity contribution < 1.29 is 4.74 Å². The van der Waals surface area contributed by atoms with Gasteiger partial charge in [-0.25, -0.2) is 9.97 Å². The standard InChI is InChI=1S/C27H39N3O/c1-5-18(2)13-23-14-19(3)25(30(23)20(4)21-7-8-21)17-31-24-9-10-27(16-22(27)15-24)26-28-11-6-12-29-26/h5-6,11-12,18-19,22-25H,1,7-10,13-17H2,2-4H3/t18?,19-,22?,23+,24?,25-,27?/m0/s1. The molecule has 4 unspecified atom stereocenters. The highest BCUT2D eigenvalue weighted by Crippen LogP contribution is 2.61. The van der Waals surface area contributed by atoms with Gasteiger partial charge in [-0.15, -0.1) is 6.58 Å². The number of likely N-dealkylation sites (tertiary alicyclic amines) is 1. The monoisotopic (exact) mass is 421 g/mol. The Bertz CT molecular complexity index is 830. The normalized spacial score (nSPS) is 37.3. The summed E-state index contributed by atoms with van der Waals surface area (Å²) < 4.78 is 6.65. The predicted octanol–water partition coefficient (Wildman–Crippen LogP) is 5.66. The van der Waals surface area contributed by atoms with Gasteiger partial charge >= 0.3 is 0 Å². The van der Waals surface area contributed by atoms with Crippen LogP contribution in [-0.2, 0) is 10.2 Å². The number of allylic oxidation sites excluding steroid dienone is 3. The number of nitrogens with zero attached hydrogens (tertiary/aromatic N) is 3. The fourth-order valence-corrected chi connectivity index (χ4v) is 6.53. The first-order valence-electron chi connectivity index (χ1n) is 12.5. The summed E-state index contributed by atoms with van der Waals surface area (Å²) in [4.78, 5) is 11.9. The summed E-state index contributed by atoms with van der Waals surface area (Å²) >= 11 is 0. The Morgan fingerprint density at radius 1 is 1.32 bits per heavy atom. The molecule has 3 aliphatic carbocycles. The number of ether oxygens (including phenoxy) is 1. The molecule has 5 rings (SSSR count). The second kappa shape index (κ2) is 8.35. The minimum Gasteiger partial charge on any atom is -0.376 e. The van der Waals surface area contributed by atoms with Crippen LogP contribution in [0.25, 0.3) is 0 Å². The first-order chi connectivity index (χ1) is 15.0. The van der Waals surface area contributed by atoms with Crippen LogP contribution in [0.1, 0.15) is 78.0 Å². The second-order valence-corrected chi connectivity index (χ2v) is 10.8. The molecule has 4 fully saturated rings. The molecule has 0 N–H and O–H groups in total. The third-order valence-corrected chi connectivity index (χ3v) is 8.70. The van der Waals surface area contributed by atoms with Crippen LogP contribution in [0.3, 0.4) is 0 Å². The van der Waals surface area contributed by atoms with Gasteiger partial charge in [0, 0.05) is 29.5 Å². The van der Waals surface area contributed by atoms with E-state index in [0.29, 0.717) is 35.9 Å². The van der Waals surface area contributed by atoms with E-state index in [-0.39, 0.29) is 5.41 Å². The fraction of sp³-hybridized carbons (Fsp3) is 0.704. The molecule has 0 amide bonds. The van der Waals surface area contributed by atoms with Crippen LogP contribution in [0.15, 0.2) is 42.4 Å².